The predicted octanol–water partition coefficient (Wildman–Crippen LogP) is 3.75. The number of esters is 1. The monoisotopic (exact) mass is 481 g/mol. The normalized spacial score (nSPS) is 13.7. The summed E-state index contributed by atoms with van der Waals surface area (Å²) < 4.78 is 12.7. The topological polar surface area (TPSA) is 73.7 Å². The number of carbonyl (C=O) groups is 1. The van der Waals surface area contributed by atoms with Crippen molar-refractivity contribution in [2.24, 2.45) is 0 Å². The Balaban J connectivity index is 1.50. The number of pyridine rings is 2. The van der Waals surface area contributed by atoms with Crippen LogP contribution >= 0.6 is 11.6 Å². The van der Waals surface area contributed by atoms with Crippen molar-refractivity contribution in [3.63, 3.8) is 0 Å². The van der Waals surface area contributed by atoms with Gasteiger partial charge in [-0.2, -0.15) is 0 Å². The smallest absolute Gasteiger partial charge is 0.343 e. The van der Waals surface area contributed by atoms with Crippen molar-refractivity contribution in [1.82, 2.24) is 14.5 Å². The first-order valence-corrected chi connectivity index (χ1v) is 11.8. The highest BCUT2D eigenvalue weighted by Gasteiger charge is 2.26. The van der Waals surface area contributed by atoms with Gasteiger partial charge in [-0.3, -0.25) is 14.7 Å². The predicted molar refractivity (Wildman–Crippen MR) is 131 cm³/mol. The molecule has 3 heterocycles. The van der Waals surface area contributed by atoms with Crippen molar-refractivity contribution in [3.05, 3.63) is 92.6 Å². The molecule has 1 aromatic carbocycles. The van der Waals surface area contributed by atoms with Gasteiger partial charge in [-0.15, -0.1) is 0 Å². The fourth-order valence-corrected chi connectivity index (χ4v) is 4.37. The summed E-state index contributed by atoms with van der Waals surface area (Å²) in [6, 6.07) is 13.1. The average molecular weight is 482 g/mol. The molecule has 0 fully saturated rings. The van der Waals surface area contributed by atoms with E-state index in [1.165, 1.54) is 13.2 Å². The lowest BCUT2D eigenvalue weighted by atomic mass is 10.1. The van der Waals surface area contributed by atoms with E-state index in [0.717, 1.165) is 30.5 Å². The second-order valence-corrected chi connectivity index (χ2v) is 8.71. The summed E-state index contributed by atoms with van der Waals surface area (Å²) in [6.07, 6.45) is 5.64. The molecule has 4 rings (SSSR count). The van der Waals surface area contributed by atoms with Crippen molar-refractivity contribution < 1.29 is 14.3 Å². The van der Waals surface area contributed by atoms with E-state index in [1.807, 2.05) is 42.6 Å². The van der Waals surface area contributed by atoms with Gasteiger partial charge >= 0.3 is 5.97 Å². The van der Waals surface area contributed by atoms with E-state index in [0.29, 0.717) is 54.7 Å². The number of hydrogen-bond donors (Lipinski definition) is 0. The Kier molecular flexibility index (Phi) is 7.98. The Morgan fingerprint density at radius 1 is 1.12 bits per heavy atom. The van der Waals surface area contributed by atoms with Crippen molar-refractivity contribution in [2.75, 3.05) is 26.8 Å². The van der Waals surface area contributed by atoms with Crippen LogP contribution in [0.25, 0.3) is 0 Å². The Labute approximate surface area is 203 Å². The molecule has 0 saturated carbocycles. The molecule has 0 unspecified atom stereocenters. The van der Waals surface area contributed by atoms with Crippen LogP contribution in [0.15, 0.2) is 59.7 Å². The van der Waals surface area contributed by atoms with Gasteiger partial charge in [-0.1, -0.05) is 29.8 Å². The summed E-state index contributed by atoms with van der Waals surface area (Å²) in [7, 11) is 1.35. The zero-order valence-corrected chi connectivity index (χ0v) is 20.0. The molecule has 7 nitrogen and oxygen atoms in total. The molecule has 0 aliphatic carbocycles. The van der Waals surface area contributed by atoms with E-state index >= 15 is 0 Å². The van der Waals surface area contributed by atoms with Gasteiger partial charge in [0.15, 0.2) is 0 Å². The maximum Gasteiger partial charge on any atom is 0.343 e. The summed E-state index contributed by atoms with van der Waals surface area (Å²) in [6.45, 7) is 3.01. The van der Waals surface area contributed by atoms with E-state index in [4.69, 9.17) is 21.1 Å². The minimum atomic E-state index is -0.489. The Morgan fingerprint density at radius 2 is 1.94 bits per heavy atom. The number of aryl methyl sites for hydroxylation is 1. The third kappa shape index (κ3) is 5.85. The van der Waals surface area contributed by atoms with Gasteiger partial charge in [-0.25, -0.2) is 4.79 Å². The van der Waals surface area contributed by atoms with Crippen LogP contribution in [-0.4, -0.2) is 47.2 Å². The highest BCUT2D eigenvalue weighted by atomic mass is 35.5. The SMILES string of the molecule is COC(=O)c1c(OCCCc2cccnc2)cc(=O)n2c1CCN(Cc1ccc(Cl)cc1)CC2. The van der Waals surface area contributed by atoms with Crippen LogP contribution in [-0.2, 0) is 30.7 Å². The summed E-state index contributed by atoms with van der Waals surface area (Å²) in [5.41, 5.74) is 3.10. The second-order valence-electron chi connectivity index (χ2n) is 8.28. The van der Waals surface area contributed by atoms with Gasteiger partial charge in [0.05, 0.1) is 13.7 Å². The van der Waals surface area contributed by atoms with Crippen LogP contribution in [0, 0.1) is 0 Å². The largest absolute Gasteiger partial charge is 0.492 e. The van der Waals surface area contributed by atoms with Crippen LogP contribution in [0.1, 0.15) is 33.6 Å². The lowest BCUT2D eigenvalue weighted by Gasteiger charge is -2.19. The lowest BCUT2D eigenvalue weighted by molar-refractivity contribution is 0.0593. The number of aromatic nitrogens is 2. The standard InChI is InChI=1S/C26H28ClN3O4/c1-33-26(32)25-22-10-12-29(18-20-6-8-21(27)9-7-20)13-14-30(22)24(31)16-23(25)34-15-3-5-19-4-2-11-28-17-19/h2,4,6-9,11,16-17H,3,5,10,12-15,18H2,1H3. The lowest BCUT2D eigenvalue weighted by Crippen LogP contribution is -2.29. The summed E-state index contributed by atoms with van der Waals surface area (Å²) in [5.74, 6) is -0.197. The maximum absolute atomic E-state index is 12.9. The molecule has 178 valence electrons. The van der Waals surface area contributed by atoms with E-state index in [1.54, 1.807) is 10.8 Å². The van der Waals surface area contributed by atoms with Crippen molar-refractivity contribution >= 4 is 17.6 Å². The molecule has 0 spiro atoms. The van der Waals surface area contributed by atoms with E-state index < -0.39 is 5.97 Å². The number of rotatable bonds is 8. The van der Waals surface area contributed by atoms with Crippen LogP contribution in [0.3, 0.4) is 0 Å². The molecule has 0 amide bonds. The van der Waals surface area contributed by atoms with Gasteiger partial charge in [-0.05, 0) is 42.2 Å². The number of nitrogens with zero attached hydrogens (tertiary/aromatic N) is 3. The van der Waals surface area contributed by atoms with Gasteiger partial charge in [0.25, 0.3) is 5.56 Å². The zero-order valence-electron chi connectivity index (χ0n) is 19.2. The van der Waals surface area contributed by atoms with Gasteiger partial charge in [0.2, 0.25) is 0 Å². The Morgan fingerprint density at radius 3 is 2.68 bits per heavy atom. The second kappa shape index (κ2) is 11.3. The van der Waals surface area contributed by atoms with Crippen LogP contribution in [0.4, 0.5) is 0 Å². The molecule has 3 aromatic rings. The van der Waals surface area contributed by atoms with Gasteiger partial charge in [0.1, 0.15) is 11.3 Å². The average Bonchev–Trinajstić information content (AvgIpc) is 3.07. The molecule has 0 radical (unpaired) electrons. The quantitative estimate of drug-likeness (QED) is 0.360. The molecule has 8 heteroatoms. The van der Waals surface area contributed by atoms with Gasteiger partial charge < -0.3 is 14.0 Å². The third-order valence-corrected chi connectivity index (χ3v) is 6.24. The highest BCUT2D eigenvalue weighted by Crippen LogP contribution is 2.25. The van der Waals surface area contributed by atoms with E-state index in [-0.39, 0.29) is 5.56 Å². The first-order chi connectivity index (χ1) is 16.5. The molecular weight excluding hydrogens is 454 g/mol. The Hall–Kier alpha value is -3.16. The van der Waals surface area contributed by atoms with Crippen molar-refractivity contribution in [3.8, 4) is 5.75 Å². The van der Waals surface area contributed by atoms with E-state index in [9.17, 15) is 9.59 Å². The Bertz CT molecular complexity index is 1180. The number of hydrogen-bond acceptors (Lipinski definition) is 6. The summed E-state index contributed by atoms with van der Waals surface area (Å²) in [4.78, 5) is 32.1. The molecule has 0 bridgehead atoms. The first kappa shape index (κ1) is 24.0. The van der Waals surface area contributed by atoms with Crippen molar-refractivity contribution in [1.29, 1.82) is 0 Å². The van der Waals surface area contributed by atoms with Crippen LogP contribution in [0.2, 0.25) is 5.02 Å². The number of ether oxygens (including phenoxy) is 2. The fourth-order valence-electron chi connectivity index (χ4n) is 4.24. The molecular formula is C26H28ClN3O4. The summed E-state index contributed by atoms with van der Waals surface area (Å²) in [5, 5.41) is 0.703. The van der Waals surface area contributed by atoms with Crippen molar-refractivity contribution in [2.45, 2.75) is 32.4 Å². The zero-order chi connectivity index (χ0) is 23.9. The maximum atomic E-state index is 12.9. The molecule has 0 saturated heterocycles. The van der Waals surface area contributed by atoms with E-state index in [2.05, 4.69) is 9.88 Å². The number of fused-ring (bicyclic) bond motifs is 1. The van der Waals surface area contributed by atoms with Crippen LogP contribution < -0.4 is 10.3 Å². The molecule has 0 N–H and O–H groups in total. The number of methoxy groups -OCH3 is 1. The molecule has 34 heavy (non-hydrogen) atoms. The highest BCUT2D eigenvalue weighted by molar-refractivity contribution is 6.30. The molecule has 1 aliphatic rings. The number of halogens is 1. The number of benzene rings is 1. The molecule has 0 atom stereocenters. The first-order valence-electron chi connectivity index (χ1n) is 11.4. The number of carbonyl (C=O) groups excluding carboxylic acids is 1. The third-order valence-electron chi connectivity index (χ3n) is 5.99. The molecule has 1 aliphatic heterocycles. The fraction of sp³-hybridized carbons (Fsp3) is 0.346. The van der Waals surface area contributed by atoms with Gasteiger partial charge in [0, 0.05) is 61.8 Å². The molecule has 2 aromatic heterocycles. The minimum Gasteiger partial charge on any atom is -0.492 e. The summed E-state index contributed by atoms with van der Waals surface area (Å²) >= 11 is 6.00. The minimum absolute atomic E-state index is 0.168. The van der Waals surface area contributed by atoms with Crippen LogP contribution in [0.5, 0.6) is 5.75 Å².